The Morgan fingerprint density at radius 3 is 2.67 bits per heavy atom. The summed E-state index contributed by atoms with van der Waals surface area (Å²) in [6, 6.07) is 9.77. The number of likely N-dealkylation sites (N-methyl/N-ethyl adjacent to an activating group) is 1. The Bertz CT molecular complexity index is 766. The van der Waals surface area contributed by atoms with Gasteiger partial charge in [-0.25, -0.2) is 0 Å². The van der Waals surface area contributed by atoms with E-state index >= 15 is 0 Å². The standard InChI is InChI=1S/C19H21NO3S/c1-4-20(12-13(2)3)19(21)18-8-7-17(24-18)14-5-6-15-16(11-14)23-10-9-22-15/h5-8,11H,2,4,9-10,12H2,1,3H3. The predicted molar refractivity (Wildman–Crippen MR) is 97.1 cm³/mol. The van der Waals surface area contributed by atoms with E-state index in [0.29, 0.717) is 26.3 Å². The first kappa shape index (κ1) is 16.6. The van der Waals surface area contributed by atoms with Crippen molar-refractivity contribution in [3.05, 3.63) is 47.4 Å². The number of amides is 1. The van der Waals surface area contributed by atoms with Gasteiger partial charge in [0.1, 0.15) is 13.2 Å². The molecule has 3 rings (SSSR count). The van der Waals surface area contributed by atoms with Crippen molar-refractivity contribution in [1.29, 1.82) is 0 Å². The quantitative estimate of drug-likeness (QED) is 0.763. The molecule has 0 N–H and O–H groups in total. The van der Waals surface area contributed by atoms with Gasteiger partial charge in [0.15, 0.2) is 11.5 Å². The number of thiophene rings is 1. The van der Waals surface area contributed by atoms with Crippen LogP contribution in [0.3, 0.4) is 0 Å². The fourth-order valence-electron chi connectivity index (χ4n) is 2.61. The first-order valence-corrected chi connectivity index (χ1v) is 8.83. The Kier molecular flexibility index (Phi) is 4.90. The van der Waals surface area contributed by atoms with Crippen molar-refractivity contribution in [2.45, 2.75) is 13.8 Å². The van der Waals surface area contributed by atoms with Gasteiger partial charge in [0.05, 0.1) is 4.88 Å². The minimum atomic E-state index is 0.0503. The van der Waals surface area contributed by atoms with Crippen molar-refractivity contribution in [3.63, 3.8) is 0 Å². The summed E-state index contributed by atoms with van der Waals surface area (Å²) in [5, 5.41) is 0. The molecule has 5 heteroatoms. The monoisotopic (exact) mass is 343 g/mol. The lowest BCUT2D eigenvalue weighted by Crippen LogP contribution is -2.31. The van der Waals surface area contributed by atoms with Crippen LogP contribution in [0.5, 0.6) is 11.5 Å². The van der Waals surface area contributed by atoms with Crippen molar-refractivity contribution >= 4 is 17.2 Å². The van der Waals surface area contributed by atoms with E-state index < -0.39 is 0 Å². The lowest BCUT2D eigenvalue weighted by atomic mass is 10.1. The average Bonchev–Trinajstić information content (AvgIpc) is 3.08. The summed E-state index contributed by atoms with van der Waals surface area (Å²) >= 11 is 1.50. The largest absolute Gasteiger partial charge is 0.486 e. The van der Waals surface area contributed by atoms with Gasteiger partial charge in [0.25, 0.3) is 5.91 Å². The summed E-state index contributed by atoms with van der Waals surface area (Å²) < 4.78 is 11.2. The Labute approximate surface area is 146 Å². The third kappa shape index (κ3) is 3.46. The highest BCUT2D eigenvalue weighted by Crippen LogP contribution is 2.37. The number of hydrogen-bond acceptors (Lipinski definition) is 4. The second-order valence-electron chi connectivity index (χ2n) is 5.80. The molecule has 1 amide bonds. The predicted octanol–water partition coefficient (Wildman–Crippen LogP) is 4.22. The lowest BCUT2D eigenvalue weighted by molar-refractivity contribution is 0.0783. The van der Waals surface area contributed by atoms with E-state index in [9.17, 15) is 4.79 Å². The van der Waals surface area contributed by atoms with Crippen molar-refractivity contribution in [2.75, 3.05) is 26.3 Å². The SMILES string of the molecule is C=C(C)CN(CC)C(=O)c1ccc(-c2ccc3c(c2)OCCO3)s1. The minimum absolute atomic E-state index is 0.0503. The second-order valence-corrected chi connectivity index (χ2v) is 6.88. The maximum atomic E-state index is 12.6. The number of fused-ring (bicyclic) bond motifs is 1. The summed E-state index contributed by atoms with van der Waals surface area (Å²) in [5.41, 5.74) is 2.01. The van der Waals surface area contributed by atoms with Crippen LogP contribution in [-0.4, -0.2) is 37.1 Å². The van der Waals surface area contributed by atoms with Gasteiger partial charge in [-0.3, -0.25) is 4.79 Å². The number of hydrogen-bond donors (Lipinski definition) is 0. The van der Waals surface area contributed by atoms with Gasteiger partial charge in [-0.2, -0.15) is 0 Å². The van der Waals surface area contributed by atoms with Gasteiger partial charge in [0.2, 0.25) is 0 Å². The van der Waals surface area contributed by atoms with E-state index in [1.54, 1.807) is 0 Å². The number of rotatable bonds is 5. The van der Waals surface area contributed by atoms with Crippen molar-refractivity contribution in [1.82, 2.24) is 4.90 Å². The van der Waals surface area contributed by atoms with Crippen LogP contribution in [0.15, 0.2) is 42.5 Å². The summed E-state index contributed by atoms with van der Waals surface area (Å²) in [4.78, 5) is 16.2. The van der Waals surface area contributed by atoms with Crippen LogP contribution in [0.2, 0.25) is 0 Å². The topological polar surface area (TPSA) is 38.8 Å². The van der Waals surface area contributed by atoms with Crippen molar-refractivity contribution < 1.29 is 14.3 Å². The van der Waals surface area contributed by atoms with Crippen LogP contribution in [-0.2, 0) is 0 Å². The number of carbonyl (C=O) groups is 1. The van der Waals surface area contributed by atoms with Crippen LogP contribution in [0, 0.1) is 0 Å². The maximum Gasteiger partial charge on any atom is 0.264 e. The summed E-state index contributed by atoms with van der Waals surface area (Å²) in [6.07, 6.45) is 0. The van der Waals surface area contributed by atoms with Crippen LogP contribution >= 0.6 is 11.3 Å². The zero-order valence-corrected chi connectivity index (χ0v) is 14.8. The van der Waals surface area contributed by atoms with Gasteiger partial charge in [-0.05, 0) is 49.7 Å². The Hall–Kier alpha value is -2.27. The van der Waals surface area contributed by atoms with Gasteiger partial charge in [-0.1, -0.05) is 12.2 Å². The molecule has 0 atom stereocenters. The fourth-order valence-corrected chi connectivity index (χ4v) is 3.58. The number of carbonyl (C=O) groups excluding carboxylic acids is 1. The molecular formula is C19H21NO3S. The highest BCUT2D eigenvalue weighted by Gasteiger charge is 2.18. The molecule has 1 aliphatic heterocycles. The van der Waals surface area contributed by atoms with E-state index in [1.807, 2.05) is 49.1 Å². The molecule has 1 aliphatic rings. The number of ether oxygens (including phenoxy) is 2. The van der Waals surface area contributed by atoms with E-state index in [2.05, 4.69) is 6.58 Å². The van der Waals surface area contributed by atoms with Gasteiger partial charge >= 0.3 is 0 Å². The van der Waals surface area contributed by atoms with Crippen LogP contribution in [0.4, 0.5) is 0 Å². The molecule has 0 radical (unpaired) electrons. The molecule has 4 nitrogen and oxygen atoms in total. The summed E-state index contributed by atoms with van der Waals surface area (Å²) in [5.74, 6) is 1.59. The van der Waals surface area contributed by atoms with Crippen LogP contribution in [0.1, 0.15) is 23.5 Å². The molecule has 0 saturated heterocycles. The normalized spacial score (nSPS) is 12.8. The first-order chi connectivity index (χ1) is 11.6. The van der Waals surface area contributed by atoms with Gasteiger partial charge in [0, 0.05) is 18.0 Å². The zero-order valence-electron chi connectivity index (χ0n) is 14.0. The molecule has 0 fully saturated rings. The first-order valence-electron chi connectivity index (χ1n) is 8.02. The molecule has 0 aliphatic carbocycles. The van der Waals surface area contributed by atoms with Crippen LogP contribution < -0.4 is 9.47 Å². The van der Waals surface area contributed by atoms with Crippen LogP contribution in [0.25, 0.3) is 10.4 Å². The Morgan fingerprint density at radius 2 is 1.96 bits per heavy atom. The van der Waals surface area contributed by atoms with Crippen molar-refractivity contribution in [3.8, 4) is 21.9 Å². The molecular weight excluding hydrogens is 322 g/mol. The molecule has 126 valence electrons. The Morgan fingerprint density at radius 1 is 1.21 bits per heavy atom. The number of benzene rings is 1. The third-order valence-corrected chi connectivity index (χ3v) is 4.90. The third-order valence-electron chi connectivity index (χ3n) is 3.77. The molecule has 1 aromatic heterocycles. The molecule has 0 spiro atoms. The fraction of sp³-hybridized carbons (Fsp3) is 0.316. The molecule has 24 heavy (non-hydrogen) atoms. The van der Waals surface area contributed by atoms with E-state index in [4.69, 9.17) is 9.47 Å². The average molecular weight is 343 g/mol. The van der Waals surface area contributed by atoms with Crippen molar-refractivity contribution in [2.24, 2.45) is 0 Å². The molecule has 2 heterocycles. The second kappa shape index (κ2) is 7.09. The van der Waals surface area contributed by atoms with E-state index in [1.165, 1.54) is 11.3 Å². The molecule has 0 unspecified atom stereocenters. The summed E-state index contributed by atoms with van der Waals surface area (Å²) in [6.45, 7) is 10.2. The summed E-state index contributed by atoms with van der Waals surface area (Å²) in [7, 11) is 0. The highest BCUT2D eigenvalue weighted by molar-refractivity contribution is 7.17. The zero-order chi connectivity index (χ0) is 17.1. The number of nitrogens with zero attached hydrogens (tertiary/aromatic N) is 1. The Balaban J connectivity index is 1.82. The minimum Gasteiger partial charge on any atom is -0.486 e. The lowest BCUT2D eigenvalue weighted by Gasteiger charge is -2.20. The highest BCUT2D eigenvalue weighted by atomic mass is 32.1. The molecule has 1 aromatic carbocycles. The van der Waals surface area contributed by atoms with E-state index in [-0.39, 0.29) is 5.91 Å². The molecule has 0 bridgehead atoms. The van der Waals surface area contributed by atoms with Gasteiger partial charge < -0.3 is 14.4 Å². The molecule has 2 aromatic rings. The van der Waals surface area contributed by atoms with E-state index in [0.717, 1.165) is 32.4 Å². The van der Waals surface area contributed by atoms with Gasteiger partial charge in [-0.15, -0.1) is 11.3 Å². The molecule has 0 saturated carbocycles. The smallest absolute Gasteiger partial charge is 0.264 e. The maximum absolute atomic E-state index is 12.6.